The highest BCUT2D eigenvalue weighted by Crippen LogP contribution is 2.49. The van der Waals surface area contributed by atoms with Gasteiger partial charge in [0.1, 0.15) is 11.6 Å². The van der Waals surface area contributed by atoms with Gasteiger partial charge in [-0.05, 0) is 34.4 Å². The van der Waals surface area contributed by atoms with Crippen LogP contribution in [0, 0.1) is 22.5 Å². The number of hydrazone groups is 2. The number of fused-ring (bicyclic) bond motifs is 2. The fourth-order valence-corrected chi connectivity index (χ4v) is 9.18. The summed E-state index contributed by atoms with van der Waals surface area (Å²) < 4.78 is 101. The highest BCUT2D eigenvalue weighted by molar-refractivity contribution is 7.87. The van der Waals surface area contributed by atoms with Gasteiger partial charge in [0.15, 0.2) is 9.49 Å². The van der Waals surface area contributed by atoms with Gasteiger partial charge >= 0.3 is 0 Å². The Balaban J connectivity index is 1.51. The molecule has 0 aliphatic heterocycles. The zero-order valence-corrected chi connectivity index (χ0v) is 26.3. The lowest BCUT2D eigenvalue weighted by Gasteiger charge is -2.37. The molecule has 2 aliphatic carbocycles. The first-order valence-electron chi connectivity index (χ1n) is 14.1. The predicted octanol–water partition coefficient (Wildman–Crippen LogP) is 4.07. The number of nitrogens with one attached hydrogen (secondary N) is 2. The Morgan fingerprint density at radius 3 is 1.27 bits per heavy atom. The van der Waals surface area contributed by atoms with Crippen molar-refractivity contribution < 1.29 is 34.7 Å². The third kappa shape index (κ3) is 4.59. The lowest BCUT2D eigenvalue weighted by atomic mass is 9.75. The Hall–Kier alpha value is -5.16. The van der Waals surface area contributed by atoms with Crippen LogP contribution in [0.3, 0.4) is 0 Å². The number of nitrogens with zero attached hydrogens (tertiary/aromatic N) is 2. The molecule has 0 amide bonds. The second-order valence-electron chi connectivity index (χ2n) is 11.3. The maximum Gasteiger partial charge on any atom is 0.279 e. The number of halogens is 2. The van der Waals surface area contributed by atoms with Crippen LogP contribution in [0.4, 0.5) is 8.78 Å². The average molecular weight is 693 g/mol. The molecule has 246 valence electrons. The lowest BCUT2D eigenvalue weighted by molar-refractivity contribution is 0.439. The molecule has 16 heteroatoms. The van der Waals surface area contributed by atoms with E-state index >= 15 is 8.78 Å². The van der Waals surface area contributed by atoms with E-state index in [1.54, 1.807) is 0 Å². The van der Waals surface area contributed by atoms with E-state index in [4.69, 9.17) is 22.5 Å². The summed E-state index contributed by atoms with van der Waals surface area (Å²) in [4.78, 5) is 0. The first-order chi connectivity index (χ1) is 22.6. The summed E-state index contributed by atoms with van der Waals surface area (Å²) in [5.41, 5.74) is -1.62. The van der Waals surface area contributed by atoms with E-state index in [0.29, 0.717) is 0 Å². The Morgan fingerprint density at radius 1 is 0.604 bits per heavy atom. The van der Waals surface area contributed by atoms with Crippen molar-refractivity contribution in [2.24, 2.45) is 21.9 Å². The molecule has 0 heterocycles. The molecule has 0 bridgehead atoms. The largest absolute Gasteiger partial charge is 0.323 e. The quantitative estimate of drug-likeness (QED) is 0.101. The Kier molecular flexibility index (Phi) is 7.66. The topological polar surface area (TPSA) is 233 Å². The van der Waals surface area contributed by atoms with Crippen LogP contribution in [0.5, 0.6) is 0 Å². The Labute approximate surface area is 273 Å². The van der Waals surface area contributed by atoms with E-state index in [9.17, 15) is 25.9 Å². The SMILES string of the molecule is N=C1/C(=N\N)CC(c2ccc(-c3ccc(C4(S(=O)(=O)O)C/C(=N\N)C(=N)c5ccccc54)c(F)c3)cc2F)(S(=O)(=O)O)c2ccccc21. The highest BCUT2D eigenvalue weighted by Gasteiger charge is 2.55. The van der Waals surface area contributed by atoms with Crippen molar-refractivity contribution in [2.75, 3.05) is 0 Å². The van der Waals surface area contributed by atoms with Gasteiger partial charge in [0.2, 0.25) is 0 Å². The van der Waals surface area contributed by atoms with E-state index in [1.807, 2.05) is 0 Å². The third-order valence-corrected chi connectivity index (χ3v) is 11.9. The molecule has 0 fully saturated rings. The summed E-state index contributed by atoms with van der Waals surface area (Å²) in [5, 5.41) is 23.9. The van der Waals surface area contributed by atoms with Gasteiger partial charge in [-0.15, -0.1) is 0 Å². The van der Waals surface area contributed by atoms with Crippen LogP contribution in [-0.4, -0.2) is 48.8 Å². The van der Waals surface area contributed by atoms with Crippen molar-refractivity contribution in [3.8, 4) is 11.1 Å². The average Bonchev–Trinajstić information content (AvgIpc) is 3.05. The lowest BCUT2D eigenvalue weighted by Crippen LogP contribution is -2.46. The van der Waals surface area contributed by atoms with Crippen LogP contribution in [0.2, 0.25) is 0 Å². The minimum absolute atomic E-state index is 0.0488. The first kappa shape index (κ1) is 32.8. The Morgan fingerprint density at radius 2 is 0.958 bits per heavy atom. The van der Waals surface area contributed by atoms with Gasteiger partial charge in [0.05, 0.1) is 22.8 Å². The summed E-state index contributed by atoms with van der Waals surface area (Å²) in [6, 6.07) is 18.2. The molecule has 12 nitrogen and oxygen atoms in total. The second kappa shape index (κ2) is 11.2. The minimum Gasteiger partial charge on any atom is -0.323 e. The van der Waals surface area contributed by atoms with Crippen LogP contribution in [-0.2, 0) is 29.7 Å². The maximum absolute atomic E-state index is 16.1. The van der Waals surface area contributed by atoms with Crippen LogP contribution >= 0.6 is 0 Å². The van der Waals surface area contributed by atoms with E-state index in [0.717, 1.165) is 24.3 Å². The van der Waals surface area contributed by atoms with Gasteiger partial charge in [-0.3, -0.25) is 19.9 Å². The summed E-state index contributed by atoms with van der Waals surface area (Å²) in [6.07, 6.45) is -1.30. The number of hydrogen-bond acceptors (Lipinski definition) is 10. The molecule has 2 unspecified atom stereocenters. The van der Waals surface area contributed by atoms with Crippen LogP contribution in [0.25, 0.3) is 11.1 Å². The van der Waals surface area contributed by atoms with E-state index < -0.39 is 65.3 Å². The molecule has 0 saturated carbocycles. The van der Waals surface area contributed by atoms with Crippen molar-refractivity contribution in [1.82, 2.24) is 0 Å². The molecule has 48 heavy (non-hydrogen) atoms. The molecule has 2 atom stereocenters. The molecular weight excluding hydrogens is 667 g/mol. The molecule has 0 aromatic heterocycles. The number of hydrogen-bond donors (Lipinski definition) is 6. The number of benzene rings is 4. The molecule has 0 spiro atoms. The van der Waals surface area contributed by atoms with E-state index in [1.165, 1.54) is 60.7 Å². The smallest absolute Gasteiger partial charge is 0.279 e. The standard InChI is InChI=1S/C32H26F2N6O6S2/c33-25-13-17(9-11-23(25)31(47(41,42)43)15-27(39-37)29(35)19-5-1-3-7-21(19)31)18-10-12-24(26(34)14-18)32(48(44,45)46)16-28(40-38)30(36)20-6-2-4-8-22(20)32/h1-14,35-36H,15-16,37-38H2,(H,41,42,43)(H,44,45,46)/b35-29?,36-30?,39-27-,40-28+. The molecule has 2 aliphatic rings. The molecule has 4 aromatic rings. The third-order valence-electron chi connectivity index (χ3n) is 9.01. The summed E-state index contributed by atoms with van der Waals surface area (Å²) in [5.74, 6) is 8.71. The van der Waals surface area contributed by atoms with Crippen molar-refractivity contribution in [3.05, 3.63) is 130 Å². The fourth-order valence-electron chi connectivity index (χ4n) is 6.74. The molecule has 6 rings (SSSR count). The summed E-state index contributed by atoms with van der Waals surface area (Å²) in [6.45, 7) is 0. The molecular formula is C32H26F2N6O6S2. The molecule has 4 aromatic carbocycles. The second-order valence-corrected chi connectivity index (χ2v) is 14.6. The maximum atomic E-state index is 16.1. The fraction of sp³-hybridized carbons (Fsp3) is 0.125. The zero-order valence-electron chi connectivity index (χ0n) is 24.6. The molecule has 0 radical (unpaired) electrons. The zero-order chi connectivity index (χ0) is 34.8. The van der Waals surface area contributed by atoms with Crippen molar-refractivity contribution in [1.29, 1.82) is 10.8 Å². The van der Waals surface area contributed by atoms with Crippen molar-refractivity contribution >= 4 is 43.1 Å². The number of rotatable bonds is 5. The van der Waals surface area contributed by atoms with Gasteiger partial charge in [-0.1, -0.05) is 72.8 Å². The Bertz CT molecular complexity index is 2200. The highest BCUT2D eigenvalue weighted by atomic mass is 32.2. The predicted molar refractivity (Wildman–Crippen MR) is 175 cm³/mol. The van der Waals surface area contributed by atoms with Gasteiger partial charge < -0.3 is 11.7 Å². The van der Waals surface area contributed by atoms with Crippen LogP contribution in [0.15, 0.2) is 95.1 Å². The van der Waals surface area contributed by atoms with Crippen molar-refractivity contribution in [2.45, 2.75) is 22.3 Å². The number of nitrogens with two attached hydrogens (primary N) is 2. The normalized spacial score (nSPS) is 22.8. The van der Waals surface area contributed by atoms with E-state index in [-0.39, 0.29) is 56.2 Å². The van der Waals surface area contributed by atoms with E-state index in [2.05, 4.69) is 10.2 Å². The van der Waals surface area contributed by atoms with Gasteiger partial charge in [-0.25, -0.2) is 8.78 Å². The minimum atomic E-state index is -5.15. The van der Waals surface area contributed by atoms with Gasteiger partial charge in [-0.2, -0.15) is 27.0 Å². The molecule has 0 saturated heterocycles. The monoisotopic (exact) mass is 692 g/mol. The van der Waals surface area contributed by atoms with Crippen LogP contribution < -0.4 is 11.7 Å². The summed E-state index contributed by atoms with van der Waals surface area (Å²) in [7, 11) is -10.3. The van der Waals surface area contributed by atoms with Crippen molar-refractivity contribution in [3.63, 3.8) is 0 Å². The van der Waals surface area contributed by atoms with Crippen LogP contribution in [0.1, 0.15) is 46.2 Å². The van der Waals surface area contributed by atoms with Gasteiger partial charge in [0.25, 0.3) is 20.2 Å². The summed E-state index contributed by atoms with van der Waals surface area (Å²) >= 11 is 0. The molecule has 8 N–H and O–H groups in total. The first-order valence-corrected chi connectivity index (χ1v) is 17.0. The van der Waals surface area contributed by atoms with Gasteiger partial charge in [0, 0.05) is 35.1 Å².